The van der Waals surface area contributed by atoms with Crippen LogP contribution in [0.5, 0.6) is 5.75 Å². The second-order valence-electron chi connectivity index (χ2n) is 8.12. The number of hydrogen-bond acceptors (Lipinski definition) is 8. The molecule has 2 aromatic carbocycles. The van der Waals surface area contributed by atoms with E-state index in [0.717, 1.165) is 57.0 Å². The molecule has 1 fully saturated rings. The number of anilines is 2. The molecule has 1 aliphatic heterocycles. The number of thiophene rings is 1. The lowest BCUT2D eigenvalue weighted by Gasteiger charge is -2.28. The molecule has 5 aromatic rings. The lowest BCUT2D eigenvalue weighted by atomic mass is 10.1. The van der Waals surface area contributed by atoms with Gasteiger partial charge in [-0.3, -0.25) is 5.10 Å². The molecule has 0 amide bonds. The zero-order valence-electron chi connectivity index (χ0n) is 18.7. The Morgan fingerprint density at radius 2 is 1.97 bits per heavy atom. The Morgan fingerprint density at radius 3 is 2.79 bits per heavy atom. The third-order valence-electron chi connectivity index (χ3n) is 6.00. The Labute approximate surface area is 200 Å². The SMILES string of the molecule is COc1ccc(NCc2cc3nc(-c4cccc5[nH]ncc45)nc(N4CCOCC4)c3s2)cc1. The van der Waals surface area contributed by atoms with E-state index in [9.17, 15) is 0 Å². The van der Waals surface area contributed by atoms with Crippen LogP contribution in [-0.2, 0) is 11.3 Å². The van der Waals surface area contributed by atoms with Crippen molar-refractivity contribution in [1.82, 2.24) is 20.2 Å². The average molecular weight is 473 g/mol. The highest BCUT2D eigenvalue weighted by Gasteiger charge is 2.21. The van der Waals surface area contributed by atoms with Crippen LogP contribution in [0, 0.1) is 0 Å². The van der Waals surface area contributed by atoms with Gasteiger partial charge in [-0.15, -0.1) is 11.3 Å². The van der Waals surface area contributed by atoms with Crippen LogP contribution in [0.4, 0.5) is 11.5 Å². The number of fused-ring (bicyclic) bond motifs is 2. The highest BCUT2D eigenvalue weighted by molar-refractivity contribution is 7.19. The van der Waals surface area contributed by atoms with Gasteiger partial charge in [-0.1, -0.05) is 12.1 Å². The van der Waals surface area contributed by atoms with E-state index in [1.54, 1.807) is 18.4 Å². The van der Waals surface area contributed by atoms with Crippen molar-refractivity contribution >= 4 is 44.0 Å². The predicted molar refractivity (Wildman–Crippen MR) is 136 cm³/mol. The first-order valence-corrected chi connectivity index (χ1v) is 12.0. The molecule has 0 unspecified atom stereocenters. The van der Waals surface area contributed by atoms with Crippen LogP contribution in [-0.4, -0.2) is 53.6 Å². The summed E-state index contributed by atoms with van der Waals surface area (Å²) in [4.78, 5) is 13.6. The first kappa shape index (κ1) is 20.9. The van der Waals surface area contributed by atoms with Crippen molar-refractivity contribution in [2.24, 2.45) is 0 Å². The van der Waals surface area contributed by atoms with E-state index in [2.05, 4.69) is 32.5 Å². The zero-order chi connectivity index (χ0) is 22.9. The van der Waals surface area contributed by atoms with E-state index in [-0.39, 0.29) is 0 Å². The highest BCUT2D eigenvalue weighted by atomic mass is 32.1. The van der Waals surface area contributed by atoms with Gasteiger partial charge in [-0.05, 0) is 36.4 Å². The van der Waals surface area contributed by atoms with Crippen LogP contribution in [0.25, 0.3) is 32.5 Å². The van der Waals surface area contributed by atoms with Gasteiger partial charge in [-0.25, -0.2) is 9.97 Å². The van der Waals surface area contributed by atoms with Crippen molar-refractivity contribution in [3.63, 3.8) is 0 Å². The van der Waals surface area contributed by atoms with Crippen LogP contribution in [0.2, 0.25) is 0 Å². The lowest BCUT2D eigenvalue weighted by Crippen LogP contribution is -2.36. The highest BCUT2D eigenvalue weighted by Crippen LogP contribution is 2.36. The van der Waals surface area contributed by atoms with Gasteiger partial charge < -0.3 is 19.7 Å². The normalized spacial score (nSPS) is 14.1. The molecule has 0 atom stereocenters. The second-order valence-corrected chi connectivity index (χ2v) is 9.25. The minimum Gasteiger partial charge on any atom is -0.497 e. The maximum atomic E-state index is 5.59. The fourth-order valence-corrected chi connectivity index (χ4v) is 5.27. The van der Waals surface area contributed by atoms with E-state index in [1.807, 2.05) is 42.6 Å². The minimum atomic E-state index is 0.704. The third kappa shape index (κ3) is 3.93. The second kappa shape index (κ2) is 8.92. The summed E-state index contributed by atoms with van der Waals surface area (Å²) in [6, 6.07) is 16.2. The van der Waals surface area contributed by atoms with Crippen molar-refractivity contribution < 1.29 is 9.47 Å². The standard InChI is InChI=1S/C25H24N6O2S/c1-32-17-7-5-16(6-8-17)26-14-18-13-22-23(34-18)25(31-9-11-33-12-10-31)29-24(28-22)19-3-2-4-21-20(19)15-27-30-21/h2-8,13,15,26H,9-12,14H2,1H3,(H,27,30). The molecule has 0 aliphatic carbocycles. The number of H-pyrrole nitrogens is 1. The number of hydrogen-bond donors (Lipinski definition) is 2. The van der Waals surface area contributed by atoms with Crippen LogP contribution in [0.15, 0.2) is 54.7 Å². The first-order valence-electron chi connectivity index (χ1n) is 11.2. The van der Waals surface area contributed by atoms with Gasteiger partial charge >= 0.3 is 0 Å². The van der Waals surface area contributed by atoms with Crippen LogP contribution < -0.4 is 15.0 Å². The Balaban J connectivity index is 1.39. The summed E-state index contributed by atoms with van der Waals surface area (Å²) in [5.41, 5.74) is 3.96. The average Bonchev–Trinajstić information content (AvgIpc) is 3.54. The van der Waals surface area contributed by atoms with Gasteiger partial charge in [0, 0.05) is 41.1 Å². The van der Waals surface area contributed by atoms with Gasteiger partial charge in [-0.2, -0.15) is 5.10 Å². The molecule has 4 heterocycles. The molecule has 0 bridgehead atoms. The molecule has 2 N–H and O–H groups in total. The summed E-state index contributed by atoms with van der Waals surface area (Å²) in [5.74, 6) is 2.54. The number of aromatic amines is 1. The van der Waals surface area contributed by atoms with Gasteiger partial charge in [0.25, 0.3) is 0 Å². The monoisotopic (exact) mass is 472 g/mol. The van der Waals surface area contributed by atoms with Crippen molar-refractivity contribution in [2.45, 2.75) is 6.54 Å². The van der Waals surface area contributed by atoms with Gasteiger partial charge in [0.15, 0.2) is 11.6 Å². The van der Waals surface area contributed by atoms with Crippen molar-refractivity contribution in [1.29, 1.82) is 0 Å². The molecule has 0 saturated carbocycles. The van der Waals surface area contributed by atoms with Crippen molar-refractivity contribution in [3.8, 4) is 17.1 Å². The molecule has 34 heavy (non-hydrogen) atoms. The Kier molecular flexibility index (Phi) is 5.48. The quantitative estimate of drug-likeness (QED) is 0.371. The van der Waals surface area contributed by atoms with Crippen LogP contribution in [0.1, 0.15) is 4.88 Å². The summed E-state index contributed by atoms with van der Waals surface area (Å²) in [6.07, 6.45) is 1.84. The molecule has 8 nitrogen and oxygen atoms in total. The van der Waals surface area contributed by atoms with E-state index < -0.39 is 0 Å². The van der Waals surface area contributed by atoms with E-state index in [1.165, 1.54) is 4.88 Å². The summed E-state index contributed by atoms with van der Waals surface area (Å²) in [6.45, 7) is 3.75. The van der Waals surface area contributed by atoms with E-state index >= 15 is 0 Å². The number of methoxy groups -OCH3 is 1. The maximum absolute atomic E-state index is 5.59. The first-order chi connectivity index (χ1) is 16.8. The summed E-state index contributed by atoms with van der Waals surface area (Å²) >= 11 is 1.74. The van der Waals surface area contributed by atoms with Crippen LogP contribution in [0.3, 0.4) is 0 Å². The molecular weight excluding hydrogens is 448 g/mol. The number of benzene rings is 2. The zero-order valence-corrected chi connectivity index (χ0v) is 19.6. The molecule has 0 spiro atoms. The Morgan fingerprint density at radius 1 is 1.12 bits per heavy atom. The van der Waals surface area contributed by atoms with Gasteiger partial charge in [0.2, 0.25) is 0 Å². The van der Waals surface area contributed by atoms with E-state index in [4.69, 9.17) is 19.4 Å². The number of nitrogens with zero attached hydrogens (tertiary/aromatic N) is 4. The molecular formula is C25H24N6O2S. The number of aromatic nitrogens is 4. The molecule has 9 heteroatoms. The number of nitrogens with one attached hydrogen (secondary N) is 2. The van der Waals surface area contributed by atoms with Gasteiger partial charge in [0.1, 0.15) is 5.75 Å². The summed E-state index contributed by atoms with van der Waals surface area (Å²) in [7, 11) is 1.67. The lowest BCUT2D eigenvalue weighted by molar-refractivity contribution is 0.122. The molecule has 1 aliphatic rings. The van der Waals surface area contributed by atoms with Crippen LogP contribution >= 0.6 is 11.3 Å². The molecule has 172 valence electrons. The minimum absolute atomic E-state index is 0.704. The number of ether oxygens (including phenoxy) is 2. The number of rotatable bonds is 6. The summed E-state index contributed by atoms with van der Waals surface area (Å²) < 4.78 is 12.0. The summed E-state index contributed by atoms with van der Waals surface area (Å²) in [5, 5.41) is 11.8. The van der Waals surface area contributed by atoms with Crippen molar-refractivity contribution in [2.75, 3.05) is 43.6 Å². The molecule has 3 aromatic heterocycles. The molecule has 1 saturated heterocycles. The smallest absolute Gasteiger partial charge is 0.162 e. The Bertz CT molecular complexity index is 1440. The van der Waals surface area contributed by atoms with E-state index in [0.29, 0.717) is 25.6 Å². The molecule has 6 rings (SSSR count). The predicted octanol–water partition coefficient (Wildman–Crippen LogP) is 4.69. The third-order valence-corrected chi connectivity index (χ3v) is 7.12. The van der Waals surface area contributed by atoms with Gasteiger partial charge in [0.05, 0.1) is 42.3 Å². The van der Waals surface area contributed by atoms with Crippen molar-refractivity contribution in [3.05, 3.63) is 59.6 Å². The fourth-order valence-electron chi connectivity index (χ4n) is 4.22. The fraction of sp³-hybridized carbons (Fsp3) is 0.240. The topological polar surface area (TPSA) is 88.2 Å². The molecule has 0 radical (unpaired) electrons. The maximum Gasteiger partial charge on any atom is 0.162 e. The Hall–Kier alpha value is -3.69. The largest absolute Gasteiger partial charge is 0.497 e. The number of morpholine rings is 1.